The van der Waals surface area contributed by atoms with Crippen molar-refractivity contribution in [3.05, 3.63) is 75.8 Å². The summed E-state index contributed by atoms with van der Waals surface area (Å²) in [6, 6.07) is 11.4. The number of anilines is 1. The molecule has 0 unspecified atom stereocenters. The van der Waals surface area contributed by atoms with Gasteiger partial charge in [0.15, 0.2) is 29.7 Å². The van der Waals surface area contributed by atoms with Gasteiger partial charge < -0.3 is 19.5 Å². The molecule has 1 amide bonds. The number of allylic oxidation sites excluding steroid dienone is 4. The maximum atomic E-state index is 13.6. The number of carbonyl (C=O) groups excluding carboxylic acids is 3. The molecule has 0 aromatic heterocycles. The molecular weight excluding hydrogens is 530 g/mol. The van der Waals surface area contributed by atoms with Crippen LogP contribution in [0.3, 0.4) is 0 Å². The summed E-state index contributed by atoms with van der Waals surface area (Å²) in [6.07, 6.45) is 2.04. The monoisotopic (exact) mass is 571 g/mol. The molecule has 7 nitrogen and oxygen atoms in total. The van der Waals surface area contributed by atoms with Gasteiger partial charge in [0.2, 0.25) is 0 Å². The molecule has 0 radical (unpaired) electrons. The number of nitrogens with one attached hydrogen (secondary N) is 1. The van der Waals surface area contributed by atoms with E-state index < -0.39 is 5.92 Å². The summed E-state index contributed by atoms with van der Waals surface area (Å²) in [4.78, 5) is 40.0. The van der Waals surface area contributed by atoms with Crippen molar-refractivity contribution in [3.8, 4) is 11.5 Å². The summed E-state index contributed by atoms with van der Waals surface area (Å²) in [5, 5.41) is 2.92. The van der Waals surface area contributed by atoms with Gasteiger partial charge in [-0.2, -0.15) is 0 Å². The van der Waals surface area contributed by atoms with E-state index in [0.717, 1.165) is 22.4 Å². The predicted octanol–water partition coefficient (Wildman–Crippen LogP) is 7.12. The van der Waals surface area contributed by atoms with Crippen LogP contribution in [0, 0.1) is 24.7 Å². The topological polar surface area (TPSA) is 90.9 Å². The molecule has 3 aliphatic rings. The van der Waals surface area contributed by atoms with E-state index in [1.165, 1.54) is 0 Å². The SMILES string of the molecule is CCOc1cc(C2C3=C(CC(C)(C)CC3=O)OC3=C2C(=O)CC(C)(C)C3)ccc1OCC(=O)Nc1cc(C)ccc1C. The minimum atomic E-state index is -0.531. The fourth-order valence-electron chi connectivity index (χ4n) is 6.30. The van der Waals surface area contributed by atoms with E-state index in [1.54, 1.807) is 6.07 Å². The molecule has 1 aliphatic heterocycles. The van der Waals surface area contributed by atoms with Crippen molar-refractivity contribution in [3.63, 3.8) is 0 Å². The fourth-order valence-corrected chi connectivity index (χ4v) is 6.30. The van der Waals surface area contributed by atoms with Crippen LogP contribution in [0.25, 0.3) is 0 Å². The van der Waals surface area contributed by atoms with Crippen LogP contribution in [0.1, 0.15) is 82.9 Å². The lowest BCUT2D eigenvalue weighted by atomic mass is 9.65. The highest BCUT2D eigenvalue weighted by molar-refractivity contribution is 6.06. The molecule has 7 heteroatoms. The van der Waals surface area contributed by atoms with Gasteiger partial charge in [0.1, 0.15) is 11.5 Å². The van der Waals surface area contributed by atoms with Gasteiger partial charge in [0.05, 0.1) is 6.61 Å². The molecule has 0 fully saturated rings. The molecule has 1 N–H and O–H groups in total. The van der Waals surface area contributed by atoms with Crippen LogP contribution in [0.2, 0.25) is 0 Å². The van der Waals surface area contributed by atoms with Crippen molar-refractivity contribution in [2.75, 3.05) is 18.5 Å². The number of amides is 1. The summed E-state index contributed by atoms with van der Waals surface area (Å²) in [7, 11) is 0. The summed E-state index contributed by atoms with van der Waals surface area (Å²) in [5.74, 6) is 1.43. The maximum Gasteiger partial charge on any atom is 0.262 e. The number of ketones is 2. The number of rotatable bonds is 7. The van der Waals surface area contributed by atoms with E-state index in [-0.39, 0.29) is 34.9 Å². The first kappa shape index (κ1) is 29.6. The minimum Gasteiger partial charge on any atom is -0.490 e. The van der Waals surface area contributed by atoms with Crippen LogP contribution < -0.4 is 14.8 Å². The summed E-state index contributed by atoms with van der Waals surface area (Å²) in [5.41, 5.74) is 4.24. The largest absolute Gasteiger partial charge is 0.490 e. The number of carbonyl (C=O) groups is 3. The molecule has 2 aliphatic carbocycles. The van der Waals surface area contributed by atoms with Crippen LogP contribution in [-0.2, 0) is 19.1 Å². The lowest BCUT2D eigenvalue weighted by molar-refractivity contribution is -0.120. The molecule has 2 aromatic carbocycles. The Morgan fingerprint density at radius 2 is 1.48 bits per heavy atom. The minimum absolute atomic E-state index is 0.0110. The fraction of sp³-hybridized carbons (Fsp3) is 0.457. The van der Waals surface area contributed by atoms with Crippen molar-refractivity contribution in [1.82, 2.24) is 0 Å². The van der Waals surface area contributed by atoms with Crippen molar-refractivity contribution in [2.45, 2.75) is 80.1 Å². The van der Waals surface area contributed by atoms with Gasteiger partial charge >= 0.3 is 0 Å². The number of hydrogen-bond acceptors (Lipinski definition) is 6. The van der Waals surface area contributed by atoms with Gasteiger partial charge in [-0.05, 0) is 66.5 Å². The molecule has 42 heavy (non-hydrogen) atoms. The van der Waals surface area contributed by atoms with E-state index in [2.05, 4.69) is 33.0 Å². The van der Waals surface area contributed by atoms with E-state index in [4.69, 9.17) is 14.2 Å². The van der Waals surface area contributed by atoms with Gasteiger partial charge in [-0.15, -0.1) is 0 Å². The second-order valence-electron chi connectivity index (χ2n) is 13.4. The summed E-state index contributed by atoms with van der Waals surface area (Å²) < 4.78 is 18.3. The first-order valence-corrected chi connectivity index (χ1v) is 14.7. The molecule has 0 bridgehead atoms. The van der Waals surface area contributed by atoms with Gasteiger partial charge in [-0.3, -0.25) is 14.4 Å². The highest BCUT2D eigenvalue weighted by atomic mass is 16.5. The lowest BCUT2D eigenvalue weighted by Gasteiger charge is -2.42. The van der Waals surface area contributed by atoms with Crippen LogP contribution in [-0.4, -0.2) is 30.7 Å². The molecule has 222 valence electrons. The zero-order valence-electron chi connectivity index (χ0n) is 25.7. The molecule has 1 heterocycles. The standard InChI is InChI=1S/C35H41NO6/c1-8-40-27-14-22(11-12-26(27)41-19-30(39)36-23-13-20(2)9-10-21(23)3)31-32-24(37)15-34(4,5)17-28(32)42-29-18-35(6,7)16-25(38)33(29)31/h9-14,31H,8,15-19H2,1-7H3,(H,36,39). The van der Waals surface area contributed by atoms with Gasteiger partial charge in [-0.25, -0.2) is 0 Å². The lowest BCUT2D eigenvalue weighted by Crippen LogP contribution is -2.37. The Balaban J connectivity index is 1.48. The van der Waals surface area contributed by atoms with Crippen molar-refractivity contribution < 1.29 is 28.6 Å². The molecule has 0 saturated heterocycles. The Hall–Kier alpha value is -3.87. The molecule has 0 spiro atoms. The maximum absolute atomic E-state index is 13.6. The third kappa shape index (κ3) is 6.01. The number of benzene rings is 2. The second kappa shape index (κ2) is 11.1. The van der Waals surface area contributed by atoms with Gasteiger partial charge in [0.25, 0.3) is 5.91 Å². The van der Waals surface area contributed by atoms with Crippen molar-refractivity contribution in [1.29, 1.82) is 0 Å². The van der Waals surface area contributed by atoms with Crippen molar-refractivity contribution >= 4 is 23.2 Å². The predicted molar refractivity (Wildman–Crippen MR) is 162 cm³/mol. The summed E-state index contributed by atoms with van der Waals surface area (Å²) in [6.45, 7) is 14.3. The van der Waals surface area contributed by atoms with E-state index in [1.807, 2.05) is 51.1 Å². The second-order valence-corrected chi connectivity index (χ2v) is 13.4. The number of ether oxygens (including phenoxy) is 3. The summed E-state index contributed by atoms with van der Waals surface area (Å²) >= 11 is 0. The average Bonchev–Trinajstić information content (AvgIpc) is 2.87. The quantitative estimate of drug-likeness (QED) is 0.381. The molecular formula is C35H41NO6. The molecule has 2 aromatic rings. The zero-order chi connectivity index (χ0) is 30.4. The highest BCUT2D eigenvalue weighted by Crippen LogP contribution is 2.53. The Morgan fingerprint density at radius 1 is 0.857 bits per heavy atom. The molecule has 0 saturated carbocycles. The van der Waals surface area contributed by atoms with Crippen LogP contribution in [0.5, 0.6) is 11.5 Å². The number of Topliss-reactive ketones (excluding diaryl/α,β-unsaturated/α-hetero) is 2. The third-order valence-corrected chi connectivity index (χ3v) is 8.21. The number of aryl methyl sites for hydroxylation is 2. The zero-order valence-corrected chi connectivity index (χ0v) is 25.7. The highest BCUT2D eigenvalue weighted by Gasteiger charge is 2.48. The van der Waals surface area contributed by atoms with Crippen LogP contribution in [0.15, 0.2) is 59.1 Å². The first-order chi connectivity index (χ1) is 19.8. The average molecular weight is 572 g/mol. The Kier molecular flexibility index (Phi) is 7.82. The smallest absolute Gasteiger partial charge is 0.262 e. The first-order valence-electron chi connectivity index (χ1n) is 14.7. The molecule has 5 rings (SSSR count). The number of hydrogen-bond donors (Lipinski definition) is 1. The van der Waals surface area contributed by atoms with E-state index in [9.17, 15) is 14.4 Å². The Labute approximate surface area is 248 Å². The van der Waals surface area contributed by atoms with Gasteiger partial charge in [0, 0.05) is 48.4 Å². The van der Waals surface area contributed by atoms with Crippen molar-refractivity contribution in [2.24, 2.45) is 10.8 Å². The Morgan fingerprint density at radius 3 is 2.07 bits per heavy atom. The van der Waals surface area contributed by atoms with E-state index in [0.29, 0.717) is 66.5 Å². The third-order valence-electron chi connectivity index (χ3n) is 8.21. The Bertz CT molecular complexity index is 1470. The van der Waals surface area contributed by atoms with Crippen LogP contribution in [0.4, 0.5) is 5.69 Å². The molecule has 0 atom stereocenters. The van der Waals surface area contributed by atoms with E-state index >= 15 is 0 Å². The normalized spacial score (nSPS) is 19.6. The van der Waals surface area contributed by atoms with Gasteiger partial charge in [-0.1, -0.05) is 45.9 Å². The van der Waals surface area contributed by atoms with Crippen LogP contribution >= 0.6 is 0 Å².